The molecule has 8 heteroatoms. The molecule has 2 aliphatic rings. The molecule has 1 atom stereocenters. The van der Waals surface area contributed by atoms with Crippen LogP contribution in [0.1, 0.15) is 61.0 Å². The van der Waals surface area contributed by atoms with E-state index in [9.17, 15) is 4.79 Å². The lowest BCUT2D eigenvalue weighted by Crippen LogP contribution is -2.32. The predicted octanol–water partition coefficient (Wildman–Crippen LogP) is 2.55. The van der Waals surface area contributed by atoms with Crippen LogP contribution in [0, 0.1) is 0 Å². The lowest BCUT2D eigenvalue weighted by atomic mass is 10.1. The average molecular weight is 393 g/mol. The molecular weight excluding hydrogens is 366 g/mol. The maximum Gasteiger partial charge on any atom is 0.276 e. The Morgan fingerprint density at radius 3 is 2.86 bits per heavy atom. The molecule has 0 bridgehead atoms. The molecule has 5 rings (SSSR count). The molecule has 152 valence electrons. The summed E-state index contributed by atoms with van der Waals surface area (Å²) < 4.78 is 4.11. The molecule has 1 unspecified atom stereocenters. The van der Waals surface area contributed by atoms with Gasteiger partial charge in [0.2, 0.25) is 0 Å². The highest BCUT2D eigenvalue weighted by atomic mass is 16.2. The number of para-hydroxylation sites is 2. The van der Waals surface area contributed by atoms with Crippen molar-refractivity contribution < 1.29 is 4.79 Å². The molecule has 1 N–H and O–H groups in total. The zero-order valence-electron chi connectivity index (χ0n) is 16.8. The van der Waals surface area contributed by atoms with Crippen molar-refractivity contribution in [3.05, 3.63) is 42.0 Å². The monoisotopic (exact) mass is 393 g/mol. The van der Waals surface area contributed by atoms with Crippen LogP contribution >= 0.6 is 0 Å². The van der Waals surface area contributed by atoms with Crippen LogP contribution in [0.15, 0.2) is 30.5 Å². The number of carbonyl (C=O) groups is 1. The molecule has 2 aliphatic heterocycles. The van der Waals surface area contributed by atoms with Gasteiger partial charge in [-0.1, -0.05) is 17.3 Å². The van der Waals surface area contributed by atoms with Gasteiger partial charge in [-0.25, -0.2) is 9.67 Å². The van der Waals surface area contributed by atoms with E-state index in [1.165, 1.54) is 0 Å². The van der Waals surface area contributed by atoms with Crippen molar-refractivity contribution in [1.82, 2.24) is 34.8 Å². The zero-order valence-corrected chi connectivity index (χ0v) is 16.8. The summed E-state index contributed by atoms with van der Waals surface area (Å²) in [6, 6.07) is 8.49. The lowest BCUT2D eigenvalue weighted by molar-refractivity contribution is 0.0721. The molecular formula is C21H27N7O. The maximum atomic E-state index is 13.3. The van der Waals surface area contributed by atoms with Crippen molar-refractivity contribution in [2.75, 3.05) is 19.6 Å². The molecule has 2 aromatic heterocycles. The van der Waals surface area contributed by atoms with Crippen LogP contribution < -0.4 is 5.32 Å². The Bertz CT molecular complexity index is 1020. The van der Waals surface area contributed by atoms with Gasteiger partial charge < -0.3 is 14.8 Å². The number of rotatable bonds is 4. The molecule has 1 amide bonds. The van der Waals surface area contributed by atoms with Gasteiger partial charge in [0.15, 0.2) is 5.69 Å². The van der Waals surface area contributed by atoms with Gasteiger partial charge in [0.1, 0.15) is 5.82 Å². The zero-order chi connectivity index (χ0) is 19.8. The van der Waals surface area contributed by atoms with E-state index in [-0.39, 0.29) is 11.9 Å². The number of likely N-dealkylation sites (tertiary alicyclic amines) is 1. The fraction of sp³-hybridized carbons (Fsp3) is 0.524. The molecule has 2 fully saturated rings. The van der Waals surface area contributed by atoms with E-state index >= 15 is 0 Å². The van der Waals surface area contributed by atoms with Crippen LogP contribution in [0.25, 0.3) is 11.0 Å². The van der Waals surface area contributed by atoms with Crippen LogP contribution in [0.2, 0.25) is 0 Å². The number of fused-ring (bicyclic) bond motifs is 1. The van der Waals surface area contributed by atoms with Gasteiger partial charge in [0.25, 0.3) is 5.91 Å². The van der Waals surface area contributed by atoms with Gasteiger partial charge >= 0.3 is 0 Å². The Kier molecular flexibility index (Phi) is 4.79. The number of hydrogen-bond acceptors (Lipinski definition) is 5. The van der Waals surface area contributed by atoms with E-state index in [2.05, 4.69) is 33.2 Å². The fourth-order valence-electron chi connectivity index (χ4n) is 4.73. The number of nitrogens with zero attached hydrogens (tertiary/aromatic N) is 6. The van der Waals surface area contributed by atoms with E-state index in [0.717, 1.165) is 68.7 Å². The summed E-state index contributed by atoms with van der Waals surface area (Å²) in [5, 5.41) is 11.9. The minimum Gasteiger partial charge on any atom is -0.327 e. The highest BCUT2D eigenvalue weighted by Gasteiger charge is 2.35. The summed E-state index contributed by atoms with van der Waals surface area (Å²) in [5.41, 5.74) is 2.55. The van der Waals surface area contributed by atoms with E-state index in [1.54, 1.807) is 0 Å². The number of carbonyl (C=O) groups excluding carboxylic acids is 1. The first-order chi connectivity index (χ1) is 14.3. The maximum absolute atomic E-state index is 13.3. The van der Waals surface area contributed by atoms with Crippen LogP contribution in [0.4, 0.5) is 0 Å². The van der Waals surface area contributed by atoms with E-state index in [1.807, 2.05) is 34.0 Å². The molecule has 1 aromatic carbocycles. The number of imidazole rings is 1. The number of amides is 1. The minimum atomic E-state index is -0.0395. The van der Waals surface area contributed by atoms with Gasteiger partial charge in [-0.3, -0.25) is 4.79 Å². The number of aromatic nitrogens is 5. The van der Waals surface area contributed by atoms with E-state index in [4.69, 9.17) is 4.98 Å². The molecule has 8 nitrogen and oxygen atoms in total. The summed E-state index contributed by atoms with van der Waals surface area (Å²) >= 11 is 0. The Balaban J connectivity index is 1.42. The van der Waals surface area contributed by atoms with E-state index in [0.29, 0.717) is 11.7 Å². The molecule has 4 heterocycles. The summed E-state index contributed by atoms with van der Waals surface area (Å²) in [6.07, 6.45) is 5.77. The van der Waals surface area contributed by atoms with Crippen LogP contribution in [0.5, 0.6) is 0 Å². The summed E-state index contributed by atoms with van der Waals surface area (Å²) in [4.78, 5) is 20.1. The SMILES string of the molecule is CCn1c(C2CCCN2C(=O)c2cn(C3CCNCC3)nn2)nc2ccccc21. The third kappa shape index (κ3) is 3.21. The smallest absolute Gasteiger partial charge is 0.276 e. The number of aryl methyl sites for hydroxylation is 1. The third-order valence-electron chi connectivity index (χ3n) is 6.22. The van der Waals surface area contributed by atoms with Crippen molar-refractivity contribution >= 4 is 16.9 Å². The highest BCUT2D eigenvalue weighted by Crippen LogP contribution is 2.34. The summed E-state index contributed by atoms with van der Waals surface area (Å²) in [7, 11) is 0. The Morgan fingerprint density at radius 1 is 1.21 bits per heavy atom. The molecule has 0 aliphatic carbocycles. The first-order valence-corrected chi connectivity index (χ1v) is 10.6. The summed E-state index contributed by atoms with van der Waals surface area (Å²) in [5.74, 6) is 0.938. The molecule has 0 saturated carbocycles. The van der Waals surface area contributed by atoms with Crippen molar-refractivity contribution in [1.29, 1.82) is 0 Å². The Hall–Kier alpha value is -2.74. The second-order valence-corrected chi connectivity index (χ2v) is 7.92. The van der Waals surface area contributed by atoms with Gasteiger partial charge in [-0.15, -0.1) is 5.10 Å². The minimum absolute atomic E-state index is 0.0149. The highest BCUT2D eigenvalue weighted by molar-refractivity contribution is 5.92. The van der Waals surface area contributed by atoms with Crippen LogP contribution in [0.3, 0.4) is 0 Å². The Morgan fingerprint density at radius 2 is 2.03 bits per heavy atom. The molecule has 29 heavy (non-hydrogen) atoms. The number of benzene rings is 1. The van der Waals surface area contributed by atoms with Crippen molar-refractivity contribution in [3.63, 3.8) is 0 Å². The molecule has 2 saturated heterocycles. The van der Waals surface area contributed by atoms with E-state index < -0.39 is 0 Å². The van der Waals surface area contributed by atoms with Gasteiger partial charge in [-0.2, -0.15) is 0 Å². The number of hydrogen-bond donors (Lipinski definition) is 1. The average Bonchev–Trinajstić information content (AvgIpc) is 3.51. The van der Waals surface area contributed by atoms with Crippen LogP contribution in [-0.2, 0) is 6.54 Å². The van der Waals surface area contributed by atoms with Gasteiger partial charge in [-0.05, 0) is 57.8 Å². The topological polar surface area (TPSA) is 80.9 Å². The normalized spacial score (nSPS) is 20.6. The Labute approximate surface area is 169 Å². The fourth-order valence-corrected chi connectivity index (χ4v) is 4.73. The first-order valence-electron chi connectivity index (χ1n) is 10.6. The third-order valence-corrected chi connectivity index (χ3v) is 6.22. The molecule has 3 aromatic rings. The number of piperidine rings is 1. The first kappa shape index (κ1) is 18.3. The lowest BCUT2D eigenvalue weighted by Gasteiger charge is -2.24. The molecule has 0 radical (unpaired) electrons. The predicted molar refractivity (Wildman–Crippen MR) is 110 cm³/mol. The van der Waals surface area contributed by atoms with Crippen molar-refractivity contribution in [2.45, 2.75) is 51.2 Å². The molecule has 0 spiro atoms. The second-order valence-electron chi connectivity index (χ2n) is 7.92. The second kappa shape index (κ2) is 7.59. The van der Waals surface area contributed by atoms with Crippen molar-refractivity contribution in [2.24, 2.45) is 0 Å². The quantitative estimate of drug-likeness (QED) is 0.737. The largest absolute Gasteiger partial charge is 0.327 e. The number of nitrogens with one attached hydrogen (secondary N) is 1. The van der Waals surface area contributed by atoms with Gasteiger partial charge in [0, 0.05) is 13.1 Å². The van der Waals surface area contributed by atoms with Crippen LogP contribution in [-0.4, -0.2) is 55.0 Å². The standard InChI is InChI=1S/C21H27N7O/c1-2-26-18-7-4-3-6-16(18)23-20(26)19-8-5-13-27(19)21(29)17-14-28(25-24-17)15-9-11-22-12-10-15/h3-4,6-7,14-15,19,22H,2,5,8-13H2,1H3. The van der Waals surface area contributed by atoms with Crippen molar-refractivity contribution in [3.8, 4) is 0 Å². The van der Waals surface area contributed by atoms with Gasteiger partial charge in [0.05, 0.1) is 29.3 Å². The summed E-state index contributed by atoms with van der Waals surface area (Å²) in [6.45, 7) is 5.66.